The maximum atomic E-state index is 11.9. The van der Waals surface area contributed by atoms with E-state index < -0.39 is 6.67 Å². The lowest BCUT2D eigenvalue weighted by atomic mass is 10.1. The average molecular weight is 233 g/mol. The van der Waals surface area contributed by atoms with E-state index in [0.29, 0.717) is 6.42 Å². The first-order valence-electron chi connectivity index (χ1n) is 3.67. The molecule has 0 unspecified atom stereocenters. The Morgan fingerprint density at radius 2 is 2.33 bits per heavy atom. The molecule has 0 aliphatic heterocycles. The molecule has 2 nitrogen and oxygen atoms in total. The molecule has 12 heavy (non-hydrogen) atoms. The van der Waals surface area contributed by atoms with E-state index in [-0.39, 0.29) is 6.04 Å². The van der Waals surface area contributed by atoms with Crippen LogP contribution < -0.4 is 5.73 Å². The summed E-state index contributed by atoms with van der Waals surface area (Å²) >= 11 is 3.21. The molecule has 0 aromatic carbocycles. The van der Waals surface area contributed by atoms with Crippen molar-refractivity contribution in [3.8, 4) is 0 Å². The average Bonchev–Trinajstić information content (AvgIpc) is 2.06. The van der Waals surface area contributed by atoms with Gasteiger partial charge in [0.05, 0.1) is 6.67 Å². The van der Waals surface area contributed by atoms with Crippen LogP contribution in [0.2, 0.25) is 0 Å². The molecular formula is C8H10BrFN2. The lowest BCUT2D eigenvalue weighted by Crippen LogP contribution is -2.10. The van der Waals surface area contributed by atoms with Gasteiger partial charge in [-0.05, 0) is 34.0 Å². The molecule has 0 aliphatic carbocycles. The van der Waals surface area contributed by atoms with Crippen LogP contribution in [0.4, 0.5) is 4.39 Å². The van der Waals surface area contributed by atoms with Crippen LogP contribution in [0.25, 0.3) is 0 Å². The van der Waals surface area contributed by atoms with Crippen molar-refractivity contribution in [1.29, 1.82) is 0 Å². The zero-order chi connectivity index (χ0) is 8.97. The van der Waals surface area contributed by atoms with Gasteiger partial charge in [-0.3, -0.25) is 4.39 Å². The van der Waals surface area contributed by atoms with Crippen molar-refractivity contribution in [2.45, 2.75) is 12.5 Å². The number of alkyl halides is 1. The molecule has 0 saturated heterocycles. The van der Waals surface area contributed by atoms with Gasteiger partial charge in [0, 0.05) is 12.2 Å². The summed E-state index contributed by atoms with van der Waals surface area (Å²) in [5, 5.41) is 0. The third-order valence-corrected chi connectivity index (χ3v) is 2.07. The molecule has 1 rings (SSSR count). The van der Waals surface area contributed by atoms with Crippen LogP contribution in [0.15, 0.2) is 22.9 Å². The van der Waals surface area contributed by atoms with Gasteiger partial charge >= 0.3 is 0 Å². The maximum Gasteiger partial charge on any atom is 0.106 e. The summed E-state index contributed by atoms with van der Waals surface area (Å²) in [7, 11) is 0. The molecule has 1 aromatic rings. The van der Waals surface area contributed by atoms with Crippen LogP contribution in [0.5, 0.6) is 0 Å². The fraction of sp³-hybridized carbons (Fsp3) is 0.375. The molecule has 0 amide bonds. The van der Waals surface area contributed by atoms with Crippen molar-refractivity contribution >= 4 is 15.9 Å². The summed E-state index contributed by atoms with van der Waals surface area (Å²) in [6.45, 7) is -0.392. The smallest absolute Gasteiger partial charge is 0.106 e. The van der Waals surface area contributed by atoms with Crippen molar-refractivity contribution in [2.24, 2.45) is 5.73 Å². The van der Waals surface area contributed by atoms with Crippen molar-refractivity contribution in [2.75, 3.05) is 6.67 Å². The van der Waals surface area contributed by atoms with Gasteiger partial charge in [-0.1, -0.05) is 6.07 Å². The number of rotatable bonds is 3. The van der Waals surface area contributed by atoms with Gasteiger partial charge in [0.25, 0.3) is 0 Å². The Hall–Kier alpha value is -0.480. The molecule has 0 bridgehead atoms. The highest BCUT2D eigenvalue weighted by molar-refractivity contribution is 9.10. The molecule has 0 radical (unpaired) electrons. The fourth-order valence-corrected chi connectivity index (χ4v) is 1.13. The molecule has 0 aliphatic rings. The zero-order valence-electron chi connectivity index (χ0n) is 6.50. The minimum atomic E-state index is -0.392. The van der Waals surface area contributed by atoms with Crippen LogP contribution >= 0.6 is 15.9 Å². The van der Waals surface area contributed by atoms with Crippen molar-refractivity contribution in [1.82, 2.24) is 4.98 Å². The molecule has 1 aromatic heterocycles. The van der Waals surface area contributed by atoms with Gasteiger partial charge in [-0.15, -0.1) is 0 Å². The summed E-state index contributed by atoms with van der Waals surface area (Å²) in [6, 6.07) is 3.40. The standard InChI is InChI=1S/C8H10BrFN2/c9-8-2-1-6(5-12-8)7(11)3-4-10/h1-2,5,7H,3-4,11H2/t7-/m0/s1. The number of aromatic nitrogens is 1. The quantitative estimate of drug-likeness (QED) is 0.813. The van der Waals surface area contributed by atoms with Gasteiger partial charge in [0.1, 0.15) is 4.60 Å². The van der Waals surface area contributed by atoms with Gasteiger partial charge < -0.3 is 5.73 Å². The van der Waals surface area contributed by atoms with E-state index in [1.165, 1.54) is 0 Å². The number of hydrogen-bond acceptors (Lipinski definition) is 2. The van der Waals surface area contributed by atoms with Crippen LogP contribution in [0.1, 0.15) is 18.0 Å². The Morgan fingerprint density at radius 3 is 2.83 bits per heavy atom. The summed E-state index contributed by atoms with van der Waals surface area (Å²) in [5.74, 6) is 0. The topological polar surface area (TPSA) is 38.9 Å². The molecule has 66 valence electrons. The summed E-state index contributed by atoms with van der Waals surface area (Å²) < 4.78 is 12.7. The highest BCUT2D eigenvalue weighted by atomic mass is 79.9. The molecule has 2 N–H and O–H groups in total. The molecule has 1 atom stereocenters. The molecule has 1 heterocycles. The first kappa shape index (κ1) is 9.61. The van der Waals surface area contributed by atoms with Crippen LogP contribution in [-0.4, -0.2) is 11.7 Å². The van der Waals surface area contributed by atoms with E-state index in [1.54, 1.807) is 12.3 Å². The fourth-order valence-electron chi connectivity index (χ4n) is 0.891. The Balaban J connectivity index is 2.68. The van der Waals surface area contributed by atoms with E-state index in [1.807, 2.05) is 6.07 Å². The van der Waals surface area contributed by atoms with E-state index in [2.05, 4.69) is 20.9 Å². The SMILES string of the molecule is N[C@@H](CCF)c1ccc(Br)nc1. The highest BCUT2D eigenvalue weighted by Crippen LogP contribution is 2.14. The Morgan fingerprint density at radius 1 is 1.58 bits per heavy atom. The van der Waals surface area contributed by atoms with E-state index in [9.17, 15) is 4.39 Å². The Kier molecular flexibility index (Phi) is 3.62. The summed E-state index contributed by atoms with van der Waals surface area (Å²) in [6.07, 6.45) is 2.01. The van der Waals surface area contributed by atoms with Crippen LogP contribution in [0, 0.1) is 0 Å². The molecule has 0 saturated carbocycles. The lowest BCUT2D eigenvalue weighted by molar-refractivity contribution is 0.441. The zero-order valence-corrected chi connectivity index (χ0v) is 8.09. The van der Waals surface area contributed by atoms with Crippen molar-refractivity contribution < 1.29 is 4.39 Å². The number of hydrogen-bond donors (Lipinski definition) is 1. The lowest BCUT2D eigenvalue weighted by Gasteiger charge is -2.08. The number of halogens is 2. The summed E-state index contributed by atoms with van der Waals surface area (Å²) in [4.78, 5) is 4.00. The summed E-state index contributed by atoms with van der Waals surface area (Å²) in [5.41, 5.74) is 6.53. The monoisotopic (exact) mass is 232 g/mol. The van der Waals surface area contributed by atoms with Gasteiger partial charge in [0.15, 0.2) is 0 Å². The molecule has 4 heteroatoms. The van der Waals surface area contributed by atoms with E-state index in [4.69, 9.17) is 5.73 Å². The minimum Gasteiger partial charge on any atom is -0.324 e. The second kappa shape index (κ2) is 4.52. The predicted molar refractivity (Wildman–Crippen MR) is 49.5 cm³/mol. The third kappa shape index (κ3) is 2.53. The number of pyridine rings is 1. The number of nitrogens with zero attached hydrogens (tertiary/aromatic N) is 1. The minimum absolute atomic E-state index is 0.240. The maximum absolute atomic E-state index is 11.9. The van der Waals surface area contributed by atoms with Gasteiger partial charge in [-0.2, -0.15) is 0 Å². The second-order valence-electron chi connectivity index (χ2n) is 2.50. The highest BCUT2D eigenvalue weighted by Gasteiger charge is 2.04. The van der Waals surface area contributed by atoms with Crippen LogP contribution in [-0.2, 0) is 0 Å². The normalized spacial score (nSPS) is 12.9. The first-order valence-corrected chi connectivity index (χ1v) is 4.46. The second-order valence-corrected chi connectivity index (χ2v) is 3.31. The van der Waals surface area contributed by atoms with Crippen molar-refractivity contribution in [3.63, 3.8) is 0 Å². The Bertz CT molecular complexity index is 237. The van der Waals surface area contributed by atoms with Crippen LogP contribution in [0.3, 0.4) is 0 Å². The van der Waals surface area contributed by atoms with E-state index in [0.717, 1.165) is 10.2 Å². The first-order chi connectivity index (χ1) is 5.74. The van der Waals surface area contributed by atoms with Gasteiger partial charge in [-0.25, -0.2) is 4.98 Å². The molecule has 0 fully saturated rings. The molecule has 0 spiro atoms. The number of nitrogens with two attached hydrogens (primary N) is 1. The van der Waals surface area contributed by atoms with Gasteiger partial charge in [0.2, 0.25) is 0 Å². The third-order valence-electron chi connectivity index (χ3n) is 1.60. The largest absolute Gasteiger partial charge is 0.324 e. The Labute approximate surface area is 79.1 Å². The van der Waals surface area contributed by atoms with E-state index >= 15 is 0 Å². The molecular weight excluding hydrogens is 223 g/mol. The predicted octanol–water partition coefficient (Wildman–Crippen LogP) is 2.20. The van der Waals surface area contributed by atoms with Crippen molar-refractivity contribution in [3.05, 3.63) is 28.5 Å².